The molecule has 2 N–H and O–H groups in total. The number of benzene rings is 1. The van der Waals surface area contributed by atoms with E-state index in [2.05, 4.69) is 10.6 Å². The van der Waals surface area contributed by atoms with Gasteiger partial charge in [-0.05, 0) is 24.1 Å². The van der Waals surface area contributed by atoms with Crippen molar-refractivity contribution >= 4 is 33.4 Å². The van der Waals surface area contributed by atoms with Gasteiger partial charge >= 0.3 is 0 Å². The summed E-state index contributed by atoms with van der Waals surface area (Å²) in [4.78, 5) is 24.1. The highest BCUT2D eigenvalue weighted by atomic mass is 35.5. The normalized spacial score (nSPS) is 22.5. The van der Waals surface area contributed by atoms with E-state index >= 15 is 0 Å². The molecule has 2 aliphatic heterocycles. The zero-order valence-corrected chi connectivity index (χ0v) is 16.1. The van der Waals surface area contributed by atoms with Crippen molar-refractivity contribution in [3.63, 3.8) is 0 Å². The molecule has 0 spiro atoms. The molecule has 1 unspecified atom stereocenters. The maximum Gasteiger partial charge on any atom is 0.229 e. The molecular formula is C17H22ClN3O4S. The Kier molecular flexibility index (Phi) is 5.28. The van der Waals surface area contributed by atoms with Crippen molar-refractivity contribution in [3.8, 4) is 0 Å². The number of rotatable bonds is 6. The zero-order chi connectivity index (χ0) is 18.9. The molecule has 2 heterocycles. The zero-order valence-electron chi connectivity index (χ0n) is 14.5. The van der Waals surface area contributed by atoms with Crippen LogP contribution in [0.25, 0.3) is 0 Å². The van der Waals surface area contributed by atoms with E-state index in [4.69, 9.17) is 11.6 Å². The van der Waals surface area contributed by atoms with Crippen LogP contribution in [0, 0.1) is 11.3 Å². The Bertz CT molecular complexity index is 804. The fourth-order valence-electron chi connectivity index (χ4n) is 3.43. The molecule has 0 bridgehead atoms. The summed E-state index contributed by atoms with van der Waals surface area (Å²) in [6.07, 6.45) is 1.98. The Morgan fingerprint density at radius 3 is 2.54 bits per heavy atom. The van der Waals surface area contributed by atoms with E-state index in [-0.39, 0.29) is 30.8 Å². The summed E-state index contributed by atoms with van der Waals surface area (Å²) in [5, 5.41) is 6.26. The van der Waals surface area contributed by atoms with Gasteiger partial charge in [-0.3, -0.25) is 9.59 Å². The Morgan fingerprint density at radius 2 is 2.00 bits per heavy atom. The Balaban J connectivity index is 1.69. The molecule has 1 aromatic rings. The lowest BCUT2D eigenvalue weighted by molar-refractivity contribution is -0.137. The van der Waals surface area contributed by atoms with Gasteiger partial charge in [-0.15, -0.1) is 0 Å². The Hall–Kier alpha value is -1.64. The molecule has 9 heteroatoms. The number of nitrogens with one attached hydrogen (secondary N) is 2. The maximum absolute atomic E-state index is 12.9. The first kappa shape index (κ1) is 19.1. The molecule has 2 fully saturated rings. The predicted octanol–water partition coefficient (Wildman–Crippen LogP) is 0.396. The summed E-state index contributed by atoms with van der Waals surface area (Å²) in [6.45, 7) is 1.27. The van der Waals surface area contributed by atoms with Gasteiger partial charge in [-0.2, -0.15) is 4.31 Å². The minimum Gasteiger partial charge on any atom is -0.356 e. The van der Waals surface area contributed by atoms with Gasteiger partial charge < -0.3 is 10.6 Å². The second-order valence-corrected chi connectivity index (χ2v) is 9.62. The summed E-state index contributed by atoms with van der Waals surface area (Å²) in [5.74, 6) is -0.108. The van der Waals surface area contributed by atoms with Crippen LogP contribution in [-0.2, 0) is 26.0 Å². The molecule has 0 saturated carbocycles. The predicted molar refractivity (Wildman–Crippen MR) is 98.1 cm³/mol. The monoisotopic (exact) mass is 399 g/mol. The van der Waals surface area contributed by atoms with Crippen molar-refractivity contribution in [2.75, 3.05) is 32.4 Å². The molecule has 1 aromatic carbocycles. The first-order valence-electron chi connectivity index (χ1n) is 8.42. The summed E-state index contributed by atoms with van der Waals surface area (Å²) < 4.78 is 24.8. The molecule has 2 aliphatic rings. The van der Waals surface area contributed by atoms with Gasteiger partial charge in [0.2, 0.25) is 21.8 Å². The van der Waals surface area contributed by atoms with E-state index in [0.717, 1.165) is 11.8 Å². The molecule has 3 rings (SSSR count). The second-order valence-electron chi connectivity index (χ2n) is 7.20. The highest BCUT2D eigenvalue weighted by molar-refractivity contribution is 7.88. The van der Waals surface area contributed by atoms with E-state index < -0.39 is 15.4 Å². The fourth-order valence-corrected chi connectivity index (χ4v) is 4.51. The lowest BCUT2D eigenvalue weighted by atomic mass is 9.75. The van der Waals surface area contributed by atoms with Crippen molar-refractivity contribution in [2.45, 2.75) is 12.8 Å². The van der Waals surface area contributed by atoms with Gasteiger partial charge in [-0.1, -0.05) is 23.7 Å². The van der Waals surface area contributed by atoms with Crippen LogP contribution in [-0.4, -0.2) is 57.0 Å². The van der Waals surface area contributed by atoms with Gasteiger partial charge in [0.05, 0.1) is 11.7 Å². The SMILES string of the molecule is CS(=O)(=O)N1CC(Cc2ccc(Cl)cc2)(C(=O)NCC2CNC(=O)C2)C1. The lowest BCUT2D eigenvalue weighted by Gasteiger charge is -2.47. The smallest absolute Gasteiger partial charge is 0.229 e. The highest BCUT2D eigenvalue weighted by Gasteiger charge is 2.52. The average molecular weight is 400 g/mol. The van der Waals surface area contributed by atoms with Crippen molar-refractivity contribution in [1.82, 2.24) is 14.9 Å². The summed E-state index contributed by atoms with van der Waals surface area (Å²) in [7, 11) is -3.33. The number of halogens is 1. The molecule has 0 aromatic heterocycles. The van der Waals surface area contributed by atoms with Gasteiger partial charge in [0, 0.05) is 43.5 Å². The van der Waals surface area contributed by atoms with Gasteiger partial charge in [0.1, 0.15) is 0 Å². The Morgan fingerprint density at radius 1 is 1.35 bits per heavy atom. The van der Waals surface area contributed by atoms with E-state index in [9.17, 15) is 18.0 Å². The van der Waals surface area contributed by atoms with E-state index in [1.807, 2.05) is 12.1 Å². The minimum atomic E-state index is -3.33. The number of carbonyl (C=O) groups excluding carboxylic acids is 2. The number of sulfonamides is 1. The van der Waals surface area contributed by atoms with Gasteiger partial charge in [-0.25, -0.2) is 8.42 Å². The molecule has 2 amide bonds. The molecule has 142 valence electrons. The van der Waals surface area contributed by atoms with Crippen molar-refractivity contribution < 1.29 is 18.0 Å². The number of amides is 2. The van der Waals surface area contributed by atoms with Crippen LogP contribution in [0.5, 0.6) is 0 Å². The number of hydrogen-bond donors (Lipinski definition) is 2. The van der Waals surface area contributed by atoms with E-state index in [1.54, 1.807) is 12.1 Å². The van der Waals surface area contributed by atoms with Crippen LogP contribution in [0.4, 0.5) is 0 Å². The van der Waals surface area contributed by atoms with Crippen LogP contribution in [0.3, 0.4) is 0 Å². The fraction of sp³-hybridized carbons (Fsp3) is 0.529. The molecule has 7 nitrogen and oxygen atoms in total. The summed E-state index contributed by atoms with van der Waals surface area (Å²) in [6, 6.07) is 7.21. The van der Waals surface area contributed by atoms with E-state index in [1.165, 1.54) is 4.31 Å². The number of carbonyl (C=O) groups is 2. The topological polar surface area (TPSA) is 95.6 Å². The standard InChI is InChI=1S/C17H22ClN3O4S/c1-26(24,25)21-10-17(11-21,7-12-2-4-14(18)5-3-12)16(23)20-9-13-6-15(22)19-8-13/h2-5,13H,6-11H2,1H3,(H,19,22)(H,20,23). The van der Waals surface area contributed by atoms with Crippen molar-refractivity contribution in [1.29, 1.82) is 0 Å². The van der Waals surface area contributed by atoms with Crippen LogP contribution in [0.15, 0.2) is 24.3 Å². The third-order valence-electron chi connectivity index (χ3n) is 4.98. The second kappa shape index (κ2) is 7.17. The first-order valence-corrected chi connectivity index (χ1v) is 10.7. The van der Waals surface area contributed by atoms with Gasteiger partial charge in [0.25, 0.3) is 0 Å². The molecule has 2 saturated heterocycles. The quantitative estimate of drug-likeness (QED) is 0.723. The van der Waals surface area contributed by atoms with Crippen molar-refractivity contribution in [3.05, 3.63) is 34.9 Å². The van der Waals surface area contributed by atoms with Crippen LogP contribution in [0.2, 0.25) is 5.02 Å². The van der Waals surface area contributed by atoms with Crippen LogP contribution in [0.1, 0.15) is 12.0 Å². The summed E-state index contributed by atoms with van der Waals surface area (Å²) >= 11 is 5.91. The largest absolute Gasteiger partial charge is 0.356 e. The maximum atomic E-state index is 12.9. The third kappa shape index (κ3) is 4.19. The summed E-state index contributed by atoms with van der Waals surface area (Å²) in [5.41, 5.74) is 0.128. The molecule has 26 heavy (non-hydrogen) atoms. The minimum absolute atomic E-state index is 0.00739. The Labute approximate surface area is 158 Å². The van der Waals surface area contributed by atoms with E-state index in [0.29, 0.717) is 31.0 Å². The first-order chi connectivity index (χ1) is 12.2. The van der Waals surface area contributed by atoms with Crippen LogP contribution >= 0.6 is 11.6 Å². The highest BCUT2D eigenvalue weighted by Crippen LogP contribution is 2.36. The average Bonchev–Trinajstić information content (AvgIpc) is 2.94. The molecule has 1 atom stereocenters. The van der Waals surface area contributed by atoms with Crippen LogP contribution < -0.4 is 10.6 Å². The van der Waals surface area contributed by atoms with Gasteiger partial charge in [0.15, 0.2) is 0 Å². The number of nitrogens with zero attached hydrogens (tertiary/aromatic N) is 1. The number of hydrogen-bond acceptors (Lipinski definition) is 4. The molecule has 0 radical (unpaired) electrons. The van der Waals surface area contributed by atoms with Crippen molar-refractivity contribution in [2.24, 2.45) is 11.3 Å². The molecular weight excluding hydrogens is 378 g/mol. The lowest BCUT2D eigenvalue weighted by Crippen LogP contribution is -2.65. The molecule has 0 aliphatic carbocycles. The third-order valence-corrected chi connectivity index (χ3v) is 6.43.